The fraction of sp³-hybridized carbons (Fsp3) is 0.222. The zero-order valence-corrected chi connectivity index (χ0v) is 12.5. The second-order valence-electron chi connectivity index (χ2n) is 5.86. The molecule has 1 N–H and O–H groups in total. The van der Waals surface area contributed by atoms with Crippen LogP contribution >= 0.6 is 0 Å². The van der Waals surface area contributed by atoms with Gasteiger partial charge >= 0.3 is 0 Å². The van der Waals surface area contributed by atoms with Gasteiger partial charge in [0.05, 0.1) is 11.1 Å². The lowest BCUT2D eigenvalue weighted by molar-refractivity contribution is 0.0780. The Morgan fingerprint density at radius 1 is 1.32 bits per heavy atom. The summed E-state index contributed by atoms with van der Waals surface area (Å²) < 4.78 is 0. The standard InChI is InChI=1S/C18H15N3O/c1-10-15-12-5-3-4-6-14(12)20-17(15)13(9-19)11-7-8-21(2)18(22)16(10)11/h3-6,20H,7-8H2,1-2H3. The number of rotatable bonds is 0. The van der Waals surface area contributed by atoms with Gasteiger partial charge in [-0.1, -0.05) is 18.2 Å². The van der Waals surface area contributed by atoms with E-state index in [0.717, 1.165) is 39.4 Å². The van der Waals surface area contributed by atoms with E-state index in [-0.39, 0.29) is 5.91 Å². The predicted molar refractivity (Wildman–Crippen MR) is 85.9 cm³/mol. The molecule has 2 heterocycles. The zero-order chi connectivity index (χ0) is 15.4. The minimum absolute atomic E-state index is 0.0161. The molecule has 1 aliphatic rings. The maximum absolute atomic E-state index is 12.6. The molecule has 0 spiro atoms. The molecule has 4 nitrogen and oxygen atoms in total. The number of aromatic amines is 1. The van der Waals surface area contributed by atoms with Crippen molar-refractivity contribution in [2.45, 2.75) is 13.3 Å². The van der Waals surface area contributed by atoms with Gasteiger partial charge in [-0.3, -0.25) is 4.79 Å². The number of hydrogen-bond acceptors (Lipinski definition) is 2. The summed E-state index contributed by atoms with van der Waals surface area (Å²) in [6.45, 7) is 2.64. The number of amides is 1. The molecule has 0 radical (unpaired) electrons. The summed E-state index contributed by atoms with van der Waals surface area (Å²) >= 11 is 0. The van der Waals surface area contributed by atoms with Gasteiger partial charge in [-0.25, -0.2) is 0 Å². The lowest BCUT2D eigenvalue weighted by Gasteiger charge is -2.27. The molecule has 3 aromatic rings. The van der Waals surface area contributed by atoms with Crippen LogP contribution in [0.4, 0.5) is 0 Å². The molecule has 0 fully saturated rings. The quantitative estimate of drug-likeness (QED) is 0.691. The summed E-state index contributed by atoms with van der Waals surface area (Å²) in [6.07, 6.45) is 0.729. The maximum atomic E-state index is 12.6. The summed E-state index contributed by atoms with van der Waals surface area (Å²) in [5.74, 6) is 0.0161. The van der Waals surface area contributed by atoms with Gasteiger partial charge in [0.15, 0.2) is 0 Å². The van der Waals surface area contributed by atoms with Gasteiger partial charge in [0, 0.05) is 35.4 Å². The molecule has 22 heavy (non-hydrogen) atoms. The second kappa shape index (κ2) is 4.35. The van der Waals surface area contributed by atoms with Crippen LogP contribution in [0.2, 0.25) is 0 Å². The number of benzene rings is 2. The van der Waals surface area contributed by atoms with E-state index < -0.39 is 0 Å². The highest BCUT2D eigenvalue weighted by molar-refractivity contribution is 6.15. The molecule has 4 heteroatoms. The average Bonchev–Trinajstić information content (AvgIpc) is 2.90. The summed E-state index contributed by atoms with van der Waals surface area (Å²) in [6, 6.07) is 10.3. The third kappa shape index (κ3) is 1.48. The van der Waals surface area contributed by atoms with Crippen LogP contribution in [0.3, 0.4) is 0 Å². The minimum Gasteiger partial charge on any atom is -0.353 e. The number of fused-ring (bicyclic) bond motifs is 4. The van der Waals surface area contributed by atoms with E-state index in [9.17, 15) is 10.1 Å². The van der Waals surface area contributed by atoms with Crippen molar-refractivity contribution in [1.82, 2.24) is 9.88 Å². The number of H-pyrrole nitrogens is 1. The summed E-state index contributed by atoms with van der Waals surface area (Å²) in [7, 11) is 1.82. The highest BCUT2D eigenvalue weighted by Gasteiger charge is 2.29. The molecule has 0 aliphatic carbocycles. The van der Waals surface area contributed by atoms with Crippen LogP contribution in [0, 0.1) is 18.3 Å². The van der Waals surface area contributed by atoms with Crippen molar-refractivity contribution in [3.63, 3.8) is 0 Å². The Hall–Kier alpha value is -2.80. The SMILES string of the molecule is Cc1c2c(c(C#N)c3[nH]c4ccccc4c13)CCN(C)C2=O. The van der Waals surface area contributed by atoms with Gasteiger partial charge in [0.25, 0.3) is 5.91 Å². The summed E-state index contributed by atoms with van der Waals surface area (Å²) in [5, 5.41) is 11.7. The van der Waals surface area contributed by atoms with Crippen LogP contribution in [0.1, 0.15) is 27.0 Å². The topological polar surface area (TPSA) is 59.9 Å². The van der Waals surface area contributed by atoms with E-state index in [4.69, 9.17) is 0 Å². The number of nitriles is 1. The molecular formula is C18H15N3O. The largest absolute Gasteiger partial charge is 0.353 e. The van der Waals surface area contributed by atoms with Crippen LogP contribution < -0.4 is 0 Å². The van der Waals surface area contributed by atoms with E-state index in [1.165, 1.54) is 0 Å². The lowest BCUT2D eigenvalue weighted by Crippen LogP contribution is -2.35. The molecule has 1 amide bonds. The van der Waals surface area contributed by atoms with Crippen molar-refractivity contribution < 1.29 is 4.79 Å². The van der Waals surface area contributed by atoms with Crippen molar-refractivity contribution in [2.75, 3.05) is 13.6 Å². The van der Waals surface area contributed by atoms with Crippen LogP contribution in [-0.4, -0.2) is 29.4 Å². The fourth-order valence-electron chi connectivity index (χ4n) is 3.58. The molecule has 2 aromatic carbocycles. The van der Waals surface area contributed by atoms with Gasteiger partial charge < -0.3 is 9.88 Å². The molecule has 0 atom stereocenters. The van der Waals surface area contributed by atoms with Gasteiger partial charge in [0.2, 0.25) is 0 Å². The van der Waals surface area contributed by atoms with E-state index in [2.05, 4.69) is 11.1 Å². The van der Waals surface area contributed by atoms with Crippen molar-refractivity contribution >= 4 is 27.7 Å². The Morgan fingerprint density at radius 3 is 2.86 bits per heavy atom. The second-order valence-corrected chi connectivity index (χ2v) is 5.86. The number of carbonyl (C=O) groups is 1. The summed E-state index contributed by atoms with van der Waals surface area (Å²) in [5.41, 5.74) is 5.05. The molecule has 4 rings (SSSR count). The fourth-order valence-corrected chi connectivity index (χ4v) is 3.58. The average molecular weight is 289 g/mol. The Labute approximate surface area is 128 Å². The van der Waals surface area contributed by atoms with Crippen LogP contribution in [0.25, 0.3) is 21.8 Å². The Bertz CT molecular complexity index is 991. The van der Waals surface area contributed by atoms with Crippen molar-refractivity contribution in [3.8, 4) is 6.07 Å². The molecule has 1 aliphatic heterocycles. The number of aryl methyl sites for hydroxylation is 1. The highest BCUT2D eigenvalue weighted by Crippen LogP contribution is 2.37. The minimum atomic E-state index is 0.0161. The number of hydrogen-bond donors (Lipinski definition) is 1. The Balaban J connectivity index is 2.26. The summed E-state index contributed by atoms with van der Waals surface area (Å²) in [4.78, 5) is 17.7. The number of para-hydroxylation sites is 1. The van der Waals surface area contributed by atoms with Gasteiger partial charge in [0.1, 0.15) is 6.07 Å². The van der Waals surface area contributed by atoms with Gasteiger partial charge in [-0.05, 0) is 30.5 Å². The van der Waals surface area contributed by atoms with E-state index in [0.29, 0.717) is 17.7 Å². The molecule has 0 unspecified atom stereocenters. The van der Waals surface area contributed by atoms with Gasteiger partial charge in [-0.15, -0.1) is 0 Å². The monoisotopic (exact) mass is 289 g/mol. The molecule has 0 bridgehead atoms. The third-order valence-corrected chi connectivity index (χ3v) is 4.68. The molecule has 108 valence electrons. The Morgan fingerprint density at radius 2 is 2.09 bits per heavy atom. The first-order chi connectivity index (χ1) is 10.6. The third-order valence-electron chi connectivity index (χ3n) is 4.68. The van der Waals surface area contributed by atoms with Crippen molar-refractivity contribution in [3.05, 3.63) is 46.5 Å². The first-order valence-electron chi connectivity index (χ1n) is 7.35. The molecule has 0 saturated heterocycles. The van der Waals surface area contributed by atoms with E-state index in [1.807, 2.05) is 38.2 Å². The Kier molecular flexibility index (Phi) is 2.55. The number of aromatic nitrogens is 1. The van der Waals surface area contributed by atoms with Crippen molar-refractivity contribution in [1.29, 1.82) is 5.26 Å². The smallest absolute Gasteiger partial charge is 0.254 e. The number of carbonyl (C=O) groups excluding carboxylic acids is 1. The first kappa shape index (κ1) is 12.9. The van der Waals surface area contributed by atoms with Crippen molar-refractivity contribution in [2.24, 2.45) is 0 Å². The van der Waals surface area contributed by atoms with Crippen LogP contribution in [-0.2, 0) is 6.42 Å². The zero-order valence-electron chi connectivity index (χ0n) is 12.5. The van der Waals surface area contributed by atoms with E-state index in [1.54, 1.807) is 4.90 Å². The van der Waals surface area contributed by atoms with Crippen LogP contribution in [0.15, 0.2) is 24.3 Å². The van der Waals surface area contributed by atoms with Crippen LogP contribution in [0.5, 0.6) is 0 Å². The highest BCUT2D eigenvalue weighted by atomic mass is 16.2. The number of nitrogens with one attached hydrogen (secondary N) is 1. The normalized spacial score (nSPS) is 14.4. The van der Waals surface area contributed by atoms with E-state index >= 15 is 0 Å². The molecule has 0 saturated carbocycles. The number of likely N-dealkylation sites (N-methyl/N-ethyl adjacent to an activating group) is 1. The number of nitrogens with zero attached hydrogens (tertiary/aromatic N) is 2. The first-order valence-corrected chi connectivity index (χ1v) is 7.35. The van der Waals surface area contributed by atoms with Gasteiger partial charge in [-0.2, -0.15) is 5.26 Å². The lowest BCUT2D eigenvalue weighted by atomic mass is 9.88. The molecule has 1 aromatic heterocycles. The molecular weight excluding hydrogens is 274 g/mol. The maximum Gasteiger partial charge on any atom is 0.254 e. The predicted octanol–water partition coefficient (Wildman–Crippen LogP) is 3.13.